The Labute approximate surface area is 118 Å². The normalized spacial score (nSPS) is 22.4. The number of hydrogen-bond acceptors (Lipinski definition) is 5. The van der Waals surface area contributed by atoms with Gasteiger partial charge in [0.05, 0.1) is 15.9 Å². The lowest BCUT2D eigenvalue weighted by atomic mass is 9.97. The molecule has 0 saturated carbocycles. The Morgan fingerprint density at radius 2 is 2.00 bits per heavy atom. The summed E-state index contributed by atoms with van der Waals surface area (Å²) >= 11 is 7.86. The smallest absolute Gasteiger partial charge is 0.258 e. The molecule has 1 heterocycles. The molecule has 0 bridgehead atoms. The molecule has 0 radical (unpaired) electrons. The van der Waals surface area contributed by atoms with Crippen molar-refractivity contribution in [1.82, 2.24) is 0 Å². The van der Waals surface area contributed by atoms with Crippen molar-refractivity contribution in [2.45, 2.75) is 11.8 Å². The zero-order chi connectivity index (χ0) is 14.0. The Morgan fingerprint density at radius 1 is 1.26 bits per heavy atom. The van der Waals surface area contributed by atoms with Gasteiger partial charge in [-0.25, -0.2) is 0 Å². The number of nitro benzene ring substituents is 2. The zero-order valence-corrected chi connectivity index (χ0v) is 11.4. The van der Waals surface area contributed by atoms with E-state index >= 15 is 0 Å². The quantitative estimate of drug-likeness (QED) is 0.485. The molecule has 0 N–H and O–H groups in total. The molecule has 0 spiro atoms. The first-order valence-electron chi connectivity index (χ1n) is 5.62. The fourth-order valence-corrected chi connectivity index (χ4v) is 3.89. The minimum atomic E-state index is -0.632. The van der Waals surface area contributed by atoms with Crippen molar-refractivity contribution in [1.29, 1.82) is 0 Å². The maximum atomic E-state index is 11.0. The van der Waals surface area contributed by atoms with Crippen LogP contribution in [0.5, 0.6) is 0 Å². The number of non-ortho nitro benzene ring substituents is 1. The standard InChI is InChI=1S/C11H11ClN2O4S/c12-10-6-19-5-8(10)3-7-1-2-9(13(15)16)4-11(7)14(17)18/h1-2,4,8,10H,3,5-6H2. The second kappa shape index (κ2) is 5.75. The van der Waals surface area contributed by atoms with Crippen LogP contribution in [-0.4, -0.2) is 26.7 Å². The summed E-state index contributed by atoms with van der Waals surface area (Å²) in [5, 5.41) is 21.6. The molecule has 102 valence electrons. The van der Waals surface area contributed by atoms with Crippen LogP contribution >= 0.6 is 23.4 Å². The molecule has 1 aliphatic heterocycles. The third-order valence-corrected chi connectivity index (χ3v) is 5.03. The summed E-state index contributed by atoms with van der Waals surface area (Å²) in [5.74, 6) is 1.88. The van der Waals surface area contributed by atoms with E-state index in [0.717, 1.165) is 17.6 Å². The molecule has 1 aromatic rings. The topological polar surface area (TPSA) is 86.3 Å². The van der Waals surface area contributed by atoms with Gasteiger partial charge in [0.15, 0.2) is 0 Å². The van der Waals surface area contributed by atoms with Gasteiger partial charge in [-0.3, -0.25) is 20.2 Å². The third-order valence-electron chi connectivity index (χ3n) is 3.08. The van der Waals surface area contributed by atoms with Crippen molar-refractivity contribution in [2.75, 3.05) is 11.5 Å². The monoisotopic (exact) mass is 302 g/mol. The first kappa shape index (κ1) is 14.1. The van der Waals surface area contributed by atoms with Crippen molar-refractivity contribution in [3.8, 4) is 0 Å². The van der Waals surface area contributed by atoms with Crippen LogP contribution < -0.4 is 0 Å². The van der Waals surface area contributed by atoms with Gasteiger partial charge in [0.1, 0.15) is 0 Å². The van der Waals surface area contributed by atoms with Crippen molar-refractivity contribution in [3.63, 3.8) is 0 Å². The Kier molecular flexibility index (Phi) is 4.26. The highest BCUT2D eigenvalue weighted by Gasteiger charge is 2.29. The fraction of sp³-hybridized carbons (Fsp3) is 0.455. The number of thioether (sulfide) groups is 1. The molecule has 6 nitrogen and oxygen atoms in total. The molecule has 2 atom stereocenters. The number of nitro groups is 2. The molecule has 1 saturated heterocycles. The number of halogens is 1. The number of benzene rings is 1. The average Bonchev–Trinajstić information content (AvgIpc) is 2.75. The minimum absolute atomic E-state index is 0.000189. The first-order chi connectivity index (χ1) is 8.99. The second-order valence-electron chi connectivity index (χ2n) is 4.34. The van der Waals surface area contributed by atoms with Crippen molar-refractivity contribution in [2.24, 2.45) is 5.92 Å². The molecule has 8 heteroatoms. The Balaban J connectivity index is 2.29. The summed E-state index contributed by atoms with van der Waals surface area (Å²) in [6.45, 7) is 0. The molecule has 19 heavy (non-hydrogen) atoms. The molecule has 1 aliphatic rings. The van der Waals surface area contributed by atoms with Gasteiger partial charge in [-0.15, -0.1) is 11.6 Å². The summed E-state index contributed by atoms with van der Waals surface area (Å²) in [7, 11) is 0. The second-order valence-corrected chi connectivity index (χ2v) is 5.98. The molecule has 1 aromatic carbocycles. The predicted molar refractivity (Wildman–Crippen MR) is 73.9 cm³/mol. The number of alkyl halides is 1. The van der Waals surface area contributed by atoms with E-state index in [1.165, 1.54) is 12.1 Å². The van der Waals surface area contributed by atoms with Gasteiger partial charge in [-0.05, 0) is 24.2 Å². The van der Waals surface area contributed by atoms with E-state index in [9.17, 15) is 20.2 Å². The van der Waals surface area contributed by atoms with Crippen LogP contribution in [0.15, 0.2) is 18.2 Å². The summed E-state index contributed by atoms with van der Waals surface area (Å²) in [4.78, 5) is 20.4. The van der Waals surface area contributed by atoms with E-state index in [1.807, 2.05) is 0 Å². The molecular weight excluding hydrogens is 292 g/mol. The average molecular weight is 303 g/mol. The van der Waals surface area contributed by atoms with E-state index in [1.54, 1.807) is 11.8 Å². The molecule has 0 aliphatic carbocycles. The number of hydrogen-bond donors (Lipinski definition) is 0. The van der Waals surface area contributed by atoms with Gasteiger partial charge in [0.25, 0.3) is 11.4 Å². The summed E-state index contributed by atoms with van der Waals surface area (Å²) < 4.78 is 0. The van der Waals surface area contributed by atoms with E-state index in [0.29, 0.717) is 12.0 Å². The van der Waals surface area contributed by atoms with Crippen LogP contribution in [0, 0.1) is 26.1 Å². The van der Waals surface area contributed by atoms with Crippen molar-refractivity contribution in [3.05, 3.63) is 44.0 Å². The van der Waals surface area contributed by atoms with E-state index in [-0.39, 0.29) is 22.7 Å². The van der Waals surface area contributed by atoms with Crippen LogP contribution in [0.4, 0.5) is 11.4 Å². The molecule has 1 fully saturated rings. The molecule has 2 rings (SSSR count). The van der Waals surface area contributed by atoms with Gasteiger partial charge < -0.3 is 0 Å². The maximum absolute atomic E-state index is 11.0. The highest BCUT2D eigenvalue weighted by Crippen LogP contribution is 2.34. The van der Waals surface area contributed by atoms with Gasteiger partial charge in [-0.2, -0.15) is 11.8 Å². The molecule has 0 amide bonds. The fourth-order valence-electron chi connectivity index (χ4n) is 2.05. The maximum Gasteiger partial charge on any atom is 0.279 e. The van der Waals surface area contributed by atoms with Gasteiger partial charge in [-0.1, -0.05) is 0 Å². The lowest BCUT2D eigenvalue weighted by molar-refractivity contribution is -0.394. The van der Waals surface area contributed by atoms with E-state index in [4.69, 9.17) is 11.6 Å². The van der Waals surface area contributed by atoms with Crippen LogP contribution in [0.1, 0.15) is 5.56 Å². The van der Waals surface area contributed by atoms with Gasteiger partial charge >= 0.3 is 0 Å². The van der Waals surface area contributed by atoms with E-state index in [2.05, 4.69) is 0 Å². The Bertz CT molecular complexity index is 525. The zero-order valence-electron chi connectivity index (χ0n) is 9.82. The van der Waals surface area contributed by atoms with Crippen LogP contribution in [-0.2, 0) is 6.42 Å². The number of nitrogens with zero attached hydrogens (tertiary/aromatic N) is 2. The highest BCUT2D eigenvalue weighted by molar-refractivity contribution is 7.99. The van der Waals surface area contributed by atoms with Crippen molar-refractivity contribution >= 4 is 34.7 Å². The summed E-state index contributed by atoms with van der Waals surface area (Å²) in [6.07, 6.45) is 0.482. The van der Waals surface area contributed by atoms with E-state index < -0.39 is 9.85 Å². The molecule has 0 aromatic heterocycles. The first-order valence-corrected chi connectivity index (χ1v) is 7.21. The lowest BCUT2D eigenvalue weighted by Crippen LogP contribution is -2.15. The third kappa shape index (κ3) is 3.16. The van der Waals surface area contributed by atoms with Crippen LogP contribution in [0.3, 0.4) is 0 Å². The Hall–Kier alpha value is -1.34. The van der Waals surface area contributed by atoms with Gasteiger partial charge in [0.2, 0.25) is 0 Å². The van der Waals surface area contributed by atoms with Crippen LogP contribution in [0.25, 0.3) is 0 Å². The van der Waals surface area contributed by atoms with Gasteiger partial charge in [0, 0.05) is 22.8 Å². The summed E-state index contributed by atoms with van der Waals surface area (Å²) in [5.41, 5.74) is 0.0439. The SMILES string of the molecule is O=[N+]([O-])c1ccc(CC2CSCC2Cl)c([N+](=O)[O-])c1. The highest BCUT2D eigenvalue weighted by atomic mass is 35.5. The van der Waals surface area contributed by atoms with Crippen LogP contribution in [0.2, 0.25) is 0 Å². The predicted octanol–water partition coefficient (Wildman–Crippen LogP) is 3.02. The number of rotatable bonds is 4. The molecular formula is C11H11ClN2O4S. The molecule has 2 unspecified atom stereocenters. The lowest BCUT2D eigenvalue weighted by Gasteiger charge is -2.12. The summed E-state index contributed by atoms with van der Waals surface area (Å²) in [6, 6.07) is 3.77. The largest absolute Gasteiger partial charge is 0.279 e. The Morgan fingerprint density at radius 3 is 2.53 bits per heavy atom. The van der Waals surface area contributed by atoms with Crippen molar-refractivity contribution < 1.29 is 9.85 Å². The minimum Gasteiger partial charge on any atom is -0.258 e.